The molecule has 250 valence electrons. The molecular formula is C51H36N2. The van der Waals surface area contributed by atoms with Crippen LogP contribution in [0.4, 0.5) is 0 Å². The lowest BCUT2D eigenvalue weighted by molar-refractivity contribution is 0.660. The molecule has 0 unspecified atom stereocenters. The SMILES string of the molecule is CC1(C)c2ccccc2-c2cc(-c3ccc(-c4nc(-c5ccccc5)cc(-c5ccc(-c6ccccc6)c6ccccc56)n4)c4ccccc34)ccc21. The summed E-state index contributed by atoms with van der Waals surface area (Å²) < 4.78 is 0. The van der Waals surface area contributed by atoms with Gasteiger partial charge in [-0.1, -0.05) is 178 Å². The molecule has 1 aliphatic carbocycles. The molecule has 53 heavy (non-hydrogen) atoms. The second-order valence-corrected chi connectivity index (χ2v) is 14.5. The van der Waals surface area contributed by atoms with Crippen molar-refractivity contribution in [2.24, 2.45) is 0 Å². The zero-order chi connectivity index (χ0) is 35.5. The fourth-order valence-corrected chi connectivity index (χ4v) is 8.49. The van der Waals surface area contributed by atoms with Gasteiger partial charge in [-0.3, -0.25) is 0 Å². The van der Waals surface area contributed by atoms with Gasteiger partial charge >= 0.3 is 0 Å². The van der Waals surface area contributed by atoms with Crippen LogP contribution < -0.4 is 0 Å². The van der Waals surface area contributed by atoms with Crippen molar-refractivity contribution in [2.75, 3.05) is 0 Å². The van der Waals surface area contributed by atoms with Gasteiger partial charge in [0.25, 0.3) is 0 Å². The quantitative estimate of drug-likeness (QED) is 0.181. The van der Waals surface area contributed by atoms with Crippen LogP contribution in [0.2, 0.25) is 0 Å². The largest absolute Gasteiger partial charge is 0.228 e. The zero-order valence-electron chi connectivity index (χ0n) is 29.7. The molecule has 8 aromatic carbocycles. The molecule has 0 aliphatic heterocycles. The summed E-state index contributed by atoms with van der Waals surface area (Å²) in [5.74, 6) is 0.713. The Balaban J connectivity index is 1.16. The topological polar surface area (TPSA) is 25.8 Å². The molecule has 1 aliphatic rings. The highest BCUT2D eigenvalue weighted by molar-refractivity contribution is 6.07. The summed E-state index contributed by atoms with van der Waals surface area (Å²) in [7, 11) is 0. The Kier molecular flexibility index (Phi) is 7.19. The predicted octanol–water partition coefficient (Wildman–Crippen LogP) is 13.4. The van der Waals surface area contributed by atoms with Crippen molar-refractivity contribution in [3.05, 3.63) is 193 Å². The van der Waals surface area contributed by atoms with E-state index in [4.69, 9.17) is 9.97 Å². The highest BCUT2D eigenvalue weighted by atomic mass is 14.9. The third-order valence-corrected chi connectivity index (χ3v) is 11.1. The van der Waals surface area contributed by atoms with Gasteiger partial charge in [0, 0.05) is 22.1 Å². The molecule has 0 atom stereocenters. The van der Waals surface area contributed by atoms with Crippen molar-refractivity contribution in [1.82, 2.24) is 9.97 Å². The van der Waals surface area contributed by atoms with Gasteiger partial charge < -0.3 is 0 Å². The minimum absolute atomic E-state index is 0.0254. The molecule has 0 N–H and O–H groups in total. The Labute approximate surface area is 310 Å². The molecule has 0 saturated carbocycles. The third kappa shape index (κ3) is 5.10. The first-order valence-corrected chi connectivity index (χ1v) is 18.3. The van der Waals surface area contributed by atoms with Crippen LogP contribution in [0.1, 0.15) is 25.0 Å². The van der Waals surface area contributed by atoms with Crippen LogP contribution in [0, 0.1) is 0 Å². The highest BCUT2D eigenvalue weighted by Gasteiger charge is 2.35. The van der Waals surface area contributed by atoms with Crippen molar-refractivity contribution in [3.8, 4) is 67.3 Å². The maximum Gasteiger partial charge on any atom is 0.161 e. The lowest BCUT2D eigenvalue weighted by Gasteiger charge is -2.21. The molecule has 1 heterocycles. The molecule has 2 nitrogen and oxygen atoms in total. The summed E-state index contributed by atoms with van der Waals surface area (Å²) in [6, 6.07) is 65.3. The van der Waals surface area contributed by atoms with Crippen LogP contribution in [-0.4, -0.2) is 9.97 Å². The molecule has 0 saturated heterocycles. The number of hydrogen-bond donors (Lipinski definition) is 0. The van der Waals surface area contributed by atoms with Crippen LogP contribution in [0.3, 0.4) is 0 Å². The van der Waals surface area contributed by atoms with Crippen LogP contribution in [0.15, 0.2) is 182 Å². The normalized spacial score (nSPS) is 12.9. The lowest BCUT2D eigenvalue weighted by Crippen LogP contribution is -2.14. The number of benzene rings is 8. The first-order valence-electron chi connectivity index (χ1n) is 18.3. The Morgan fingerprint density at radius 2 is 0.811 bits per heavy atom. The Morgan fingerprint density at radius 3 is 1.51 bits per heavy atom. The number of aromatic nitrogens is 2. The second-order valence-electron chi connectivity index (χ2n) is 14.5. The van der Waals surface area contributed by atoms with E-state index in [2.05, 4.69) is 190 Å². The van der Waals surface area contributed by atoms with Gasteiger partial charge in [0.05, 0.1) is 11.4 Å². The molecule has 9 aromatic rings. The van der Waals surface area contributed by atoms with Crippen LogP contribution in [0.5, 0.6) is 0 Å². The smallest absolute Gasteiger partial charge is 0.161 e. The summed E-state index contributed by atoms with van der Waals surface area (Å²) in [4.78, 5) is 10.7. The molecule has 0 amide bonds. The van der Waals surface area contributed by atoms with Crippen LogP contribution >= 0.6 is 0 Å². The average molecular weight is 677 g/mol. The lowest BCUT2D eigenvalue weighted by atomic mass is 9.82. The summed E-state index contributed by atoms with van der Waals surface area (Å²) in [5, 5.41) is 4.68. The van der Waals surface area contributed by atoms with Crippen LogP contribution in [0.25, 0.3) is 88.8 Å². The molecule has 0 fully saturated rings. The van der Waals surface area contributed by atoms with Crippen LogP contribution in [-0.2, 0) is 5.41 Å². The third-order valence-electron chi connectivity index (χ3n) is 11.1. The van der Waals surface area contributed by atoms with Gasteiger partial charge in [0.15, 0.2) is 5.82 Å². The first-order chi connectivity index (χ1) is 26.0. The zero-order valence-corrected chi connectivity index (χ0v) is 29.7. The monoisotopic (exact) mass is 676 g/mol. The standard InChI is InChI=1S/C51H36N2/c1-51(2)46-24-14-13-23-42(46)45-31-35(25-30-47(45)51)37-27-29-44(41-22-12-10-20-39(37)41)50-52-48(34-17-7-4-8-18-34)32-49(53-50)43-28-26-36(33-15-5-3-6-16-33)38-19-9-11-21-40(38)43/h3-32H,1-2H3. The number of nitrogens with zero attached hydrogens (tertiary/aromatic N) is 2. The Hall–Kier alpha value is -6.64. The van der Waals surface area contributed by atoms with E-state index in [0.717, 1.165) is 33.5 Å². The van der Waals surface area contributed by atoms with Gasteiger partial charge in [-0.15, -0.1) is 0 Å². The summed E-state index contributed by atoms with van der Waals surface area (Å²) in [6.45, 7) is 4.67. The van der Waals surface area contributed by atoms with Crippen molar-refractivity contribution in [1.29, 1.82) is 0 Å². The minimum Gasteiger partial charge on any atom is -0.228 e. The van der Waals surface area contributed by atoms with E-state index >= 15 is 0 Å². The van der Waals surface area contributed by atoms with Gasteiger partial charge in [0.2, 0.25) is 0 Å². The van der Waals surface area contributed by atoms with E-state index in [1.54, 1.807) is 0 Å². The predicted molar refractivity (Wildman–Crippen MR) is 222 cm³/mol. The van der Waals surface area contributed by atoms with E-state index in [1.807, 2.05) is 6.07 Å². The molecule has 1 aromatic heterocycles. The summed E-state index contributed by atoms with van der Waals surface area (Å²) in [6.07, 6.45) is 0. The van der Waals surface area contributed by atoms with Gasteiger partial charge in [-0.2, -0.15) is 0 Å². The van der Waals surface area contributed by atoms with E-state index in [0.29, 0.717) is 5.82 Å². The minimum atomic E-state index is -0.0254. The van der Waals surface area contributed by atoms with E-state index in [1.165, 1.54) is 60.7 Å². The molecule has 0 radical (unpaired) electrons. The fourth-order valence-electron chi connectivity index (χ4n) is 8.49. The summed E-state index contributed by atoms with van der Waals surface area (Å²) in [5.41, 5.74) is 15.2. The second kappa shape index (κ2) is 12.3. The molecular weight excluding hydrogens is 641 g/mol. The number of hydrogen-bond acceptors (Lipinski definition) is 2. The van der Waals surface area contributed by atoms with E-state index < -0.39 is 0 Å². The summed E-state index contributed by atoms with van der Waals surface area (Å²) >= 11 is 0. The first kappa shape index (κ1) is 31.1. The van der Waals surface area contributed by atoms with Gasteiger partial charge in [-0.05, 0) is 84.3 Å². The van der Waals surface area contributed by atoms with E-state index in [-0.39, 0.29) is 5.41 Å². The van der Waals surface area contributed by atoms with Crippen molar-refractivity contribution >= 4 is 21.5 Å². The van der Waals surface area contributed by atoms with Gasteiger partial charge in [0.1, 0.15) is 0 Å². The number of rotatable bonds is 5. The van der Waals surface area contributed by atoms with Gasteiger partial charge in [-0.25, -0.2) is 9.97 Å². The average Bonchev–Trinajstić information content (AvgIpc) is 3.45. The molecule has 2 heteroatoms. The van der Waals surface area contributed by atoms with Crippen molar-refractivity contribution in [3.63, 3.8) is 0 Å². The molecule has 0 bridgehead atoms. The maximum atomic E-state index is 5.38. The van der Waals surface area contributed by atoms with E-state index in [9.17, 15) is 0 Å². The Morgan fingerprint density at radius 1 is 0.321 bits per heavy atom. The maximum absolute atomic E-state index is 5.38. The number of fused-ring (bicyclic) bond motifs is 5. The van der Waals surface area contributed by atoms with Crippen molar-refractivity contribution in [2.45, 2.75) is 19.3 Å². The molecule has 0 spiro atoms. The van der Waals surface area contributed by atoms with Crippen molar-refractivity contribution < 1.29 is 0 Å². The fraction of sp³-hybridized carbons (Fsp3) is 0.0588. The highest BCUT2D eigenvalue weighted by Crippen LogP contribution is 2.50. The molecule has 10 rings (SSSR count). The Bertz CT molecular complexity index is 2850.